The molecule has 0 unspecified atom stereocenters. The van der Waals surface area contributed by atoms with Crippen LogP contribution in [0.3, 0.4) is 0 Å². The van der Waals surface area contributed by atoms with Crippen molar-refractivity contribution in [2.45, 2.75) is 20.4 Å². The van der Waals surface area contributed by atoms with Gasteiger partial charge in [-0.1, -0.05) is 18.2 Å². The number of hydrogen-bond donors (Lipinski definition) is 1. The largest absolute Gasteiger partial charge is 0.496 e. The summed E-state index contributed by atoms with van der Waals surface area (Å²) in [6.45, 7) is 5.66. The molecule has 1 aromatic carbocycles. The number of nitrogens with zero attached hydrogens (tertiary/aromatic N) is 3. The van der Waals surface area contributed by atoms with Crippen molar-refractivity contribution in [3.8, 4) is 5.75 Å². The first-order valence-electron chi connectivity index (χ1n) is 7.05. The van der Waals surface area contributed by atoms with Crippen LogP contribution < -0.4 is 15.0 Å². The van der Waals surface area contributed by atoms with Gasteiger partial charge in [0.05, 0.1) is 7.11 Å². The summed E-state index contributed by atoms with van der Waals surface area (Å²) in [6.07, 6.45) is 1.60. The maximum Gasteiger partial charge on any atom is 0.137 e. The molecule has 0 bridgehead atoms. The fourth-order valence-electron chi connectivity index (χ4n) is 2.34. The van der Waals surface area contributed by atoms with E-state index in [4.69, 9.17) is 4.74 Å². The number of hydrogen-bond acceptors (Lipinski definition) is 5. The zero-order valence-electron chi connectivity index (χ0n) is 13.1. The highest BCUT2D eigenvalue weighted by Gasteiger charge is 2.12. The molecule has 0 saturated carbocycles. The number of anilines is 2. The van der Waals surface area contributed by atoms with Gasteiger partial charge in [-0.15, -0.1) is 0 Å². The van der Waals surface area contributed by atoms with E-state index in [1.807, 2.05) is 32.2 Å². The Kier molecular flexibility index (Phi) is 4.98. The third kappa shape index (κ3) is 3.42. The first-order valence-corrected chi connectivity index (χ1v) is 7.05. The van der Waals surface area contributed by atoms with E-state index in [0.717, 1.165) is 41.6 Å². The maximum atomic E-state index is 5.40. The molecule has 1 aromatic heterocycles. The Labute approximate surface area is 126 Å². The summed E-state index contributed by atoms with van der Waals surface area (Å²) in [4.78, 5) is 10.8. The van der Waals surface area contributed by atoms with Gasteiger partial charge in [0.15, 0.2) is 0 Å². The van der Waals surface area contributed by atoms with E-state index in [2.05, 4.69) is 33.2 Å². The Morgan fingerprint density at radius 3 is 2.71 bits per heavy atom. The Bertz CT molecular complexity index is 601. The van der Waals surface area contributed by atoms with E-state index in [-0.39, 0.29) is 0 Å². The predicted octanol–water partition coefficient (Wildman–Crippen LogP) is 2.86. The van der Waals surface area contributed by atoms with Crippen molar-refractivity contribution in [2.24, 2.45) is 0 Å². The Balaban J connectivity index is 2.24. The lowest BCUT2D eigenvalue weighted by atomic mass is 10.2. The molecule has 112 valence electrons. The van der Waals surface area contributed by atoms with Crippen molar-refractivity contribution in [3.05, 3.63) is 41.7 Å². The molecule has 0 amide bonds. The third-order valence-corrected chi connectivity index (χ3v) is 3.36. The van der Waals surface area contributed by atoms with Crippen LogP contribution in [0.1, 0.15) is 18.1 Å². The molecule has 21 heavy (non-hydrogen) atoms. The van der Waals surface area contributed by atoms with Gasteiger partial charge in [0, 0.05) is 31.3 Å². The van der Waals surface area contributed by atoms with Gasteiger partial charge in [0.1, 0.15) is 23.7 Å². The van der Waals surface area contributed by atoms with Crippen LogP contribution in [-0.4, -0.2) is 30.7 Å². The Morgan fingerprint density at radius 2 is 2.00 bits per heavy atom. The molecular weight excluding hydrogens is 264 g/mol. The number of rotatable bonds is 6. The van der Waals surface area contributed by atoms with Crippen LogP contribution >= 0.6 is 0 Å². The van der Waals surface area contributed by atoms with Gasteiger partial charge in [-0.25, -0.2) is 9.97 Å². The Morgan fingerprint density at radius 1 is 1.24 bits per heavy atom. The molecular formula is C16H22N4O. The fourth-order valence-corrected chi connectivity index (χ4v) is 2.34. The SMILES string of the molecule is CCNc1ncnc(N(C)Cc2ccccc2OC)c1C. The van der Waals surface area contributed by atoms with Gasteiger partial charge in [0.25, 0.3) is 0 Å². The number of nitrogens with one attached hydrogen (secondary N) is 1. The first kappa shape index (κ1) is 15.1. The van der Waals surface area contributed by atoms with Gasteiger partial charge in [-0.3, -0.25) is 0 Å². The minimum atomic E-state index is 0.730. The quantitative estimate of drug-likeness (QED) is 0.885. The van der Waals surface area contributed by atoms with E-state index in [0.29, 0.717) is 0 Å². The molecule has 0 fully saturated rings. The third-order valence-electron chi connectivity index (χ3n) is 3.36. The molecule has 1 heterocycles. The number of ether oxygens (including phenoxy) is 1. The summed E-state index contributed by atoms with van der Waals surface area (Å²) in [7, 11) is 3.72. The zero-order valence-corrected chi connectivity index (χ0v) is 13.1. The van der Waals surface area contributed by atoms with Gasteiger partial charge >= 0.3 is 0 Å². The van der Waals surface area contributed by atoms with Crippen LogP contribution in [0, 0.1) is 6.92 Å². The summed E-state index contributed by atoms with van der Waals surface area (Å²) in [6, 6.07) is 8.03. The van der Waals surface area contributed by atoms with Crippen molar-refractivity contribution >= 4 is 11.6 Å². The summed E-state index contributed by atoms with van der Waals surface area (Å²) >= 11 is 0. The van der Waals surface area contributed by atoms with Crippen molar-refractivity contribution in [2.75, 3.05) is 30.9 Å². The van der Waals surface area contributed by atoms with Crippen LogP contribution in [0.4, 0.5) is 11.6 Å². The summed E-state index contributed by atoms with van der Waals surface area (Å²) < 4.78 is 5.40. The zero-order chi connectivity index (χ0) is 15.2. The van der Waals surface area contributed by atoms with E-state index >= 15 is 0 Å². The van der Waals surface area contributed by atoms with Crippen molar-refractivity contribution in [1.82, 2.24) is 9.97 Å². The minimum absolute atomic E-state index is 0.730. The van der Waals surface area contributed by atoms with Gasteiger partial charge in [0.2, 0.25) is 0 Å². The summed E-state index contributed by atoms with van der Waals surface area (Å²) in [5.41, 5.74) is 2.18. The number of aromatic nitrogens is 2. The molecule has 0 atom stereocenters. The molecule has 2 aromatic rings. The standard InChI is InChI=1S/C16H22N4O/c1-5-17-15-12(2)16(19-11-18-15)20(3)10-13-8-6-7-9-14(13)21-4/h6-9,11H,5,10H2,1-4H3,(H,17,18,19). The predicted molar refractivity (Wildman–Crippen MR) is 86.0 cm³/mol. The molecule has 5 heteroatoms. The average molecular weight is 286 g/mol. The van der Waals surface area contributed by atoms with E-state index in [1.54, 1.807) is 13.4 Å². The van der Waals surface area contributed by atoms with E-state index in [1.165, 1.54) is 0 Å². The summed E-state index contributed by atoms with van der Waals surface area (Å²) in [5.74, 6) is 2.70. The number of para-hydroxylation sites is 1. The fraction of sp³-hybridized carbons (Fsp3) is 0.375. The highest BCUT2D eigenvalue weighted by molar-refractivity contribution is 5.58. The van der Waals surface area contributed by atoms with Crippen LogP contribution in [-0.2, 0) is 6.54 Å². The molecule has 2 rings (SSSR count). The topological polar surface area (TPSA) is 50.3 Å². The van der Waals surface area contributed by atoms with Crippen LogP contribution in [0.2, 0.25) is 0 Å². The molecule has 1 N–H and O–H groups in total. The minimum Gasteiger partial charge on any atom is -0.496 e. The smallest absolute Gasteiger partial charge is 0.137 e. The van der Waals surface area contributed by atoms with E-state index < -0.39 is 0 Å². The first-order chi connectivity index (χ1) is 10.2. The second kappa shape index (κ2) is 6.92. The molecule has 0 saturated heterocycles. The molecule has 0 spiro atoms. The highest BCUT2D eigenvalue weighted by Crippen LogP contribution is 2.25. The lowest BCUT2D eigenvalue weighted by Crippen LogP contribution is -2.20. The molecule has 0 aliphatic carbocycles. The monoisotopic (exact) mass is 286 g/mol. The average Bonchev–Trinajstić information content (AvgIpc) is 2.50. The lowest BCUT2D eigenvalue weighted by molar-refractivity contribution is 0.409. The van der Waals surface area contributed by atoms with E-state index in [9.17, 15) is 0 Å². The number of benzene rings is 1. The molecule has 5 nitrogen and oxygen atoms in total. The van der Waals surface area contributed by atoms with Gasteiger partial charge in [-0.2, -0.15) is 0 Å². The van der Waals surface area contributed by atoms with Crippen LogP contribution in [0.5, 0.6) is 5.75 Å². The number of methoxy groups -OCH3 is 1. The molecule has 0 radical (unpaired) electrons. The molecule has 0 aliphatic rings. The van der Waals surface area contributed by atoms with Gasteiger partial charge < -0.3 is 15.0 Å². The van der Waals surface area contributed by atoms with Crippen molar-refractivity contribution in [1.29, 1.82) is 0 Å². The lowest BCUT2D eigenvalue weighted by Gasteiger charge is -2.22. The van der Waals surface area contributed by atoms with Crippen LogP contribution in [0.15, 0.2) is 30.6 Å². The highest BCUT2D eigenvalue weighted by atomic mass is 16.5. The second-order valence-electron chi connectivity index (χ2n) is 4.87. The second-order valence-corrected chi connectivity index (χ2v) is 4.87. The normalized spacial score (nSPS) is 10.3. The van der Waals surface area contributed by atoms with Gasteiger partial charge in [-0.05, 0) is 19.9 Å². The van der Waals surface area contributed by atoms with Crippen molar-refractivity contribution < 1.29 is 4.74 Å². The van der Waals surface area contributed by atoms with Crippen LogP contribution in [0.25, 0.3) is 0 Å². The summed E-state index contributed by atoms with van der Waals surface area (Å²) in [5, 5.41) is 3.26. The van der Waals surface area contributed by atoms with Crippen molar-refractivity contribution in [3.63, 3.8) is 0 Å². The Hall–Kier alpha value is -2.30. The molecule has 0 aliphatic heterocycles. The maximum absolute atomic E-state index is 5.40.